The molecule has 2 aliphatic heterocycles. The molecule has 7 heteroatoms. The third-order valence-electron chi connectivity index (χ3n) is 4.12. The minimum absolute atomic E-state index is 0.0736. The number of nitrogens with one attached hydrogen (secondary N) is 2. The maximum absolute atomic E-state index is 11.7. The van der Waals surface area contributed by atoms with Gasteiger partial charge in [-0.25, -0.2) is 0 Å². The number of hydrogen-bond acceptors (Lipinski definition) is 5. The number of carbonyl (C=O) groups excluding carboxylic acids is 1. The summed E-state index contributed by atoms with van der Waals surface area (Å²) in [7, 11) is 1.63. The van der Waals surface area contributed by atoms with Crippen molar-refractivity contribution in [1.29, 1.82) is 0 Å². The van der Waals surface area contributed by atoms with Crippen LogP contribution >= 0.6 is 0 Å². The average molecular weight is 294 g/mol. The fourth-order valence-electron chi connectivity index (χ4n) is 3.09. The predicted octanol–water partition coefficient (Wildman–Crippen LogP) is -0.176. The second-order valence-electron chi connectivity index (χ2n) is 5.90. The topological polar surface area (TPSA) is 79.5 Å². The molecule has 2 saturated heterocycles. The van der Waals surface area contributed by atoms with E-state index in [-0.39, 0.29) is 11.5 Å². The van der Waals surface area contributed by atoms with E-state index in [1.165, 1.54) is 0 Å². The lowest BCUT2D eigenvalue weighted by molar-refractivity contribution is -0.129. The van der Waals surface area contributed by atoms with Crippen LogP contribution in [0.3, 0.4) is 0 Å². The summed E-state index contributed by atoms with van der Waals surface area (Å²) in [5.74, 6) is -0.0736. The highest BCUT2D eigenvalue weighted by Gasteiger charge is 2.46. The van der Waals surface area contributed by atoms with Gasteiger partial charge in [-0.1, -0.05) is 0 Å². The zero-order valence-corrected chi connectivity index (χ0v) is 12.5. The number of nitrogens with zero attached hydrogens (tertiary/aromatic N) is 2. The molecular formula is C14H22N4O3. The van der Waals surface area contributed by atoms with Crippen LogP contribution in [0, 0.1) is 6.92 Å². The number of aryl methyl sites for hydroxylation is 1. The number of hydrogen-bond donors (Lipinski definition) is 2. The van der Waals surface area contributed by atoms with Crippen LogP contribution in [0.1, 0.15) is 17.8 Å². The SMILES string of the molecule is CNC(=O)C1CC2(CO1)CN(Cc1cc(C)[nH]n1)CCO2. The number of carbonyl (C=O) groups is 1. The number of H-pyrrole nitrogens is 1. The first-order chi connectivity index (χ1) is 10.1. The van der Waals surface area contributed by atoms with Crippen molar-refractivity contribution in [3.8, 4) is 0 Å². The Hall–Kier alpha value is -1.44. The summed E-state index contributed by atoms with van der Waals surface area (Å²) in [6.07, 6.45) is 0.213. The molecule has 1 aromatic rings. The molecule has 0 bridgehead atoms. The number of aromatic amines is 1. The molecule has 116 valence electrons. The molecule has 21 heavy (non-hydrogen) atoms. The van der Waals surface area contributed by atoms with Crippen LogP contribution < -0.4 is 5.32 Å². The number of ether oxygens (including phenoxy) is 2. The normalized spacial score (nSPS) is 29.9. The first-order valence-corrected chi connectivity index (χ1v) is 7.31. The van der Waals surface area contributed by atoms with Gasteiger partial charge < -0.3 is 14.8 Å². The summed E-state index contributed by atoms with van der Waals surface area (Å²) in [6.45, 7) is 5.56. The highest BCUT2D eigenvalue weighted by atomic mass is 16.6. The second kappa shape index (κ2) is 5.75. The van der Waals surface area contributed by atoms with Crippen molar-refractivity contribution in [2.75, 3.05) is 33.4 Å². The lowest BCUT2D eigenvalue weighted by atomic mass is 9.97. The van der Waals surface area contributed by atoms with Crippen molar-refractivity contribution in [3.05, 3.63) is 17.5 Å². The van der Waals surface area contributed by atoms with Gasteiger partial charge in [0.15, 0.2) is 0 Å². The molecule has 0 aromatic carbocycles. The van der Waals surface area contributed by atoms with E-state index in [0.717, 1.165) is 31.0 Å². The standard InChI is InChI=1S/C14H22N4O3/c1-10-5-11(17-16-10)7-18-3-4-21-14(8-18)6-12(20-9-14)13(19)15-2/h5,12H,3-4,6-9H2,1-2H3,(H,15,19)(H,16,17). The minimum atomic E-state index is -0.400. The average Bonchev–Trinajstić information content (AvgIpc) is 3.05. The number of aromatic nitrogens is 2. The molecular weight excluding hydrogens is 272 g/mol. The molecule has 2 unspecified atom stereocenters. The van der Waals surface area contributed by atoms with E-state index in [1.807, 2.05) is 6.92 Å². The number of morpholine rings is 1. The summed E-state index contributed by atoms with van der Waals surface area (Å²) in [5.41, 5.74) is 1.74. The molecule has 0 saturated carbocycles. The Balaban J connectivity index is 1.62. The summed E-state index contributed by atoms with van der Waals surface area (Å²) in [4.78, 5) is 14.0. The van der Waals surface area contributed by atoms with Crippen LogP contribution in [-0.4, -0.2) is 66.1 Å². The molecule has 3 heterocycles. The molecule has 1 aromatic heterocycles. The smallest absolute Gasteiger partial charge is 0.248 e. The summed E-state index contributed by atoms with van der Waals surface area (Å²) in [5, 5.41) is 9.88. The van der Waals surface area contributed by atoms with Gasteiger partial charge in [-0.2, -0.15) is 5.10 Å². The molecule has 2 fully saturated rings. The maximum atomic E-state index is 11.7. The van der Waals surface area contributed by atoms with Crippen LogP contribution in [0.25, 0.3) is 0 Å². The molecule has 7 nitrogen and oxygen atoms in total. The quantitative estimate of drug-likeness (QED) is 0.809. The first-order valence-electron chi connectivity index (χ1n) is 7.31. The van der Waals surface area contributed by atoms with Gasteiger partial charge in [0, 0.05) is 38.8 Å². The van der Waals surface area contributed by atoms with E-state index < -0.39 is 6.10 Å². The Morgan fingerprint density at radius 2 is 2.52 bits per heavy atom. The monoisotopic (exact) mass is 294 g/mol. The van der Waals surface area contributed by atoms with E-state index in [9.17, 15) is 4.79 Å². The Kier molecular flexibility index (Phi) is 3.97. The molecule has 1 spiro atoms. The molecule has 2 atom stereocenters. The minimum Gasteiger partial charge on any atom is -0.370 e. The maximum Gasteiger partial charge on any atom is 0.248 e. The van der Waals surface area contributed by atoms with Crippen molar-refractivity contribution in [1.82, 2.24) is 20.4 Å². The molecule has 3 rings (SSSR count). The van der Waals surface area contributed by atoms with E-state index in [2.05, 4.69) is 26.5 Å². The van der Waals surface area contributed by atoms with Crippen molar-refractivity contribution in [3.63, 3.8) is 0 Å². The zero-order chi connectivity index (χ0) is 14.9. The van der Waals surface area contributed by atoms with Crippen molar-refractivity contribution >= 4 is 5.91 Å². The van der Waals surface area contributed by atoms with Gasteiger partial charge in [0.2, 0.25) is 5.91 Å². The fraction of sp³-hybridized carbons (Fsp3) is 0.714. The molecule has 0 radical (unpaired) electrons. The van der Waals surface area contributed by atoms with E-state index >= 15 is 0 Å². The summed E-state index contributed by atoms with van der Waals surface area (Å²) in [6, 6.07) is 2.06. The Morgan fingerprint density at radius 3 is 3.24 bits per heavy atom. The van der Waals surface area contributed by atoms with Crippen molar-refractivity contribution < 1.29 is 14.3 Å². The fourth-order valence-corrected chi connectivity index (χ4v) is 3.09. The third kappa shape index (κ3) is 3.09. The molecule has 0 aliphatic carbocycles. The van der Waals surface area contributed by atoms with Crippen LogP contribution in [0.5, 0.6) is 0 Å². The second-order valence-corrected chi connectivity index (χ2v) is 5.90. The number of rotatable bonds is 3. The Labute approximate surface area is 124 Å². The van der Waals surface area contributed by atoms with E-state index in [4.69, 9.17) is 9.47 Å². The van der Waals surface area contributed by atoms with Gasteiger partial charge in [0.05, 0.1) is 18.9 Å². The predicted molar refractivity (Wildman–Crippen MR) is 75.7 cm³/mol. The van der Waals surface area contributed by atoms with Crippen molar-refractivity contribution in [2.24, 2.45) is 0 Å². The van der Waals surface area contributed by atoms with E-state index in [1.54, 1.807) is 7.05 Å². The molecule has 1 amide bonds. The van der Waals surface area contributed by atoms with Crippen LogP contribution in [0.4, 0.5) is 0 Å². The van der Waals surface area contributed by atoms with Gasteiger partial charge in [0.25, 0.3) is 0 Å². The van der Waals surface area contributed by atoms with Crippen LogP contribution in [0.2, 0.25) is 0 Å². The lowest BCUT2D eigenvalue weighted by Crippen LogP contribution is -2.52. The highest BCUT2D eigenvalue weighted by molar-refractivity contribution is 5.80. The van der Waals surface area contributed by atoms with Crippen LogP contribution in [0.15, 0.2) is 6.07 Å². The van der Waals surface area contributed by atoms with E-state index in [0.29, 0.717) is 19.6 Å². The largest absolute Gasteiger partial charge is 0.370 e. The summed E-state index contributed by atoms with van der Waals surface area (Å²) < 4.78 is 11.6. The molecule has 2 N–H and O–H groups in total. The lowest BCUT2D eigenvalue weighted by Gasteiger charge is -2.39. The van der Waals surface area contributed by atoms with Gasteiger partial charge in [0.1, 0.15) is 11.7 Å². The summed E-state index contributed by atoms with van der Waals surface area (Å²) >= 11 is 0. The zero-order valence-electron chi connectivity index (χ0n) is 12.5. The Bertz CT molecular complexity index is 518. The highest BCUT2D eigenvalue weighted by Crippen LogP contribution is 2.31. The third-order valence-corrected chi connectivity index (χ3v) is 4.12. The van der Waals surface area contributed by atoms with Gasteiger partial charge in [-0.3, -0.25) is 14.8 Å². The van der Waals surface area contributed by atoms with Crippen molar-refractivity contribution in [2.45, 2.75) is 31.6 Å². The van der Waals surface area contributed by atoms with Gasteiger partial charge >= 0.3 is 0 Å². The van der Waals surface area contributed by atoms with Gasteiger partial charge in [-0.05, 0) is 13.0 Å². The Morgan fingerprint density at radius 1 is 1.67 bits per heavy atom. The first kappa shape index (κ1) is 14.5. The molecule has 2 aliphatic rings. The number of amides is 1. The van der Waals surface area contributed by atoms with Crippen LogP contribution in [-0.2, 0) is 20.8 Å². The van der Waals surface area contributed by atoms with Gasteiger partial charge in [-0.15, -0.1) is 0 Å². The number of likely N-dealkylation sites (N-methyl/N-ethyl adjacent to an activating group) is 1.